The fourth-order valence-corrected chi connectivity index (χ4v) is 2.12. The minimum atomic E-state index is -5.33. The zero-order chi connectivity index (χ0) is 21.0. The second-order valence-corrected chi connectivity index (χ2v) is 5.27. The van der Waals surface area contributed by atoms with Crippen molar-refractivity contribution in [1.82, 2.24) is 0 Å². The molecule has 1 rings (SSSR count). The maximum atomic E-state index is 13.2. The molecular formula is C13H9Cl2F6N3O3. The van der Waals surface area contributed by atoms with Crippen molar-refractivity contribution in [2.24, 2.45) is 10.3 Å². The fourth-order valence-electron chi connectivity index (χ4n) is 1.60. The zero-order valence-electron chi connectivity index (χ0n) is 13.1. The van der Waals surface area contributed by atoms with Gasteiger partial charge in [0.2, 0.25) is 11.4 Å². The second kappa shape index (κ2) is 8.65. The predicted octanol–water partition coefficient (Wildman–Crippen LogP) is 4.63. The van der Waals surface area contributed by atoms with Crippen LogP contribution in [0.15, 0.2) is 28.5 Å². The molecule has 0 heterocycles. The quantitative estimate of drug-likeness (QED) is 0.181. The average molecular weight is 440 g/mol. The smallest absolute Gasteiger partial charge is 0.437 e. The van der Waals surface area contributed by atoms with Crippen LogP contribution in [0.4, 0.5) is 32.0 Å². The molecule has 150 valence electrons. The van der Waals surface area contributed by atoms with Crippen LogP contribution in [0.25, 0.3) is 0 Å². The number of oxime groups is 1. The first-order valence-electron chi connectivity index (χ1n) is 6.70. The van der Waals surface area contributed by atoms with Crippen molar-refractivity contribution in [3.8, 4) is 0 Å². The summed E-state index contributed by atoms with van der Waals surface area (Å²) < 4.78 is 81.5. The maximum absolute atomic E-state index is 13.2. The Morgan fingerprint density at radius 3 is 2.26 bits per heavy atom. The Morgan fingerprint density at radius 2 is 1.85 bits per heavy atom. The topological polar surface area (TPSA) is 74.5 Å². The number of anilines is 1. The highest BCUT2D eigenvalue weighted by Gasteiger charge is 2.44. The van der Waals surface area contributed by atoms with E-state index in [4.69, 9.17) is 28.6 Å². The summed E-state index contributed by atoms with van der Waals surface area (Å²) in [7, 11) is 0. The molecule has 1 aromatic rings. The number of hydrogen-bond acceptors (Lipinski definition) is 6. The number of benzene rings is 1. The number of rotatable bonds is 5. The SMILES string of the molecule is CCOC(=O)C(=NO)C(=NN(Cl)c1ccc(C(F)(F)F)cc1Cl)C(F)(F)F. The van der Waals surface area contributed by atoms with Crippen molar-refractivity contribution in [3.05, 3.63) is 28.8 Å². The summed E-state index contributed by atoms with van der Waals surface area (Å²) in [6.45, 7) is 0.950. The molecule has 14 heteroatoms. The second-order valence-electron chi connectivity index (χ2n) is 4.54. The van der Waals surface area contributed by atoms with Crippen LogP contribution in [0.3, 0.4) is 0 Å². The van der Waals surface area contributed by atoms with Gasteiger partial charge in [-0.05, 0) is 25.1 Å². The van der Waals surface area contributed by atoms with E-state index in [9.17, 15) is 31.1 Å². The van der Waals surface area contributed by atoms with Crippen LogP contribution in [0.2, 0.25) is 5.02 Å². The Hall–Kier alpha value is -2.21. The molecule has 0 fully saturated rings. The molecule has 6 nitrogen and oxygen atoms in total. The van der Waals surface area contributed by atoms with Gasteiger partial charge in [-0.3, -0.25) is 0 Å². The summed E-state index contributed by atoms with van der Waals surface area (Å²) in [5.74, 6) is -1.65. The van der Waals surface area contributed by atoms with Crippen molar-refractivity contribution >= 4 is 46.5 Å². The van der Waals surface area contributed by atoms with Crippen molar-refractivity contribution in [3.63, 3.8) is 0 Å². The molecule has 0 saturated heterocycles. The summed E-state index contributed by atoms with van der Waals surface area (Å²) in [6.07, 6.45) is -10.1. The van der Waals surface area contributed by atoms with Gasteiger partial charge in [0.1, 0.15) is 0 Å². The van der Waals surface area contributed by atoms with Crippen molar-refractivity contribution in [2.45, 2.75) is 19.3 Å². The number of halogens is 8. The summed E-state index contributed by atoms with van der Waals surface area (Å²) in [5.41, 5.74) is -5.41. The lowest BCUT2D eigenvalue weighted by Crippen LogP contribution is -2.38. The normalized spacial score (nSPS) is 13.5. The number of alkyl halides is 6. The van der Waals surface area contributed by atoms with Crippen molar-refractivity contribution in [1.29, 1.82) is 0 Å². The van der Waals surface area contributed by atoms with Crippen LogP contribution < -0.4 is 4.53 Å². The highest BCUT2D eigenvalue weighted by Crippen LogP contribution is 2.36. The van der Waals surface area contributed by atoms with E-state index in [1.165, 1.54) is 6.92 Å². The van der Waals surface area contributed by atoms with E-state index < -0.39 is 46.0 Å². The lowest BCUT2D eigenvalue weighted by atomic mass is 10.2. The van der Waals surface area contributed by atoms with Crippen LogP contribution in [0, 0.1) is 0 Å². The minimum Gasteiger partial charge on any atom is -0.461 e. The van der Waals surface area contributed by atoms with E-state index in [-0.39, 0.29) is 11.1 Å². The van der Waals surface area contributed by atoms with Gasteiger partial charge in [0, 0.05) is 11.8 Å². The van der Waals surface area contributed by atoms with E-state index in [0.29, 0.717) is 18.2 Å². The van der Waals surface area contributed by atoms with Gasteiger partial charge >= 0.3 is 18.3 Å². The first-order chi connectivity index (χ1) is 12.3. The Morgan fingerprint density at radius 1 is 1.26 bits per heavy atom. The van der Waals surface area contributed by atoms with Gasteiger partial charge in [-0.25, -0.2) is 4.79 Å². The number of carbonyl (C=O) groups excluding carboxylic acids is 1. The largest absolute Gasteiger partial charge is 0.461 e. The Labute approximate surface area is 157 Å². The Balaban J connectivity index is 3.38. The number of esters is 1. The number of hydrazone groups is 1. The summed E-state index contributed by atoms with van der Waals surface area (Å²) >= 11 is 11.2. The molecule has 1 aromatic carbocycles. The predicted molar refractivity (Wildman–Crippen MR) is 84.1 cm³/mol. The first-order valence-corrected chi connectivity index (χ1v) is 7.42. The van der Waals surface area contributed by atoms with E-state index in [1.807, 2.05) is 0 Å². The third-order valence-electron chi connectivity index (χ3n) is 2.72. The lowest BCUT2D eigenvalue weighted by Gasteiger charge is -2.17. The van der Waals surface area contributed by atoms with Crippen LogP contribution in [-0.4, -0.2) is 35.4 Å². The Bertz CT molecular complexity index is 765. The monoisotopic (exact) mass is 439 g/mol. The molecule has 0 unspecified atom stereocenters. The Kier molecular flexibility index (Phi) is 7.32. The molecule has 0 saturated carbocycles. The van der Waals surface area contributed by atoms with Crippen LogP contribution in [0.5, 0.6) is 0 Å². The van der Waals surface area contributed by atoms with Crippen LogP contribution in [-0.2, 0) is 15.7 Å². The van der Waals surface area contributed by atoms with Crippen molar-refractivity contribution < 1.29 is 41.1 Å². The van der Waals surface area contributed by atoms with Crippen molar-refractivity contribution in [2.75, 3.05) is 11.1 Å². The zero-order valence-corrected chi connectivity index (χ0v) is 14.6. The van der Waals surface area contributed by atoms with Gasteiger partial charge in [0.25, 0.3) is 0 Å². The fraction of sp³-hybridized carbons (Fsp3) is 0.308. The average Bonchev–Trinajstić information content (AvgIpc) is 2.52. The third kappa shape index (κ3) is 5.89. The molecule has 0 aromatic heterocycles. The highest BCUT2D eigenvalue weighted by molar-refractivity contribution is 6.67. The van der Waals surface area contributed by atoms with Gasteiger partial charge in [-0.15, -0.1) is 5.10 Å². The van der Waals surface area contributed by atoms with E-state index in [1.54, 1.807) is 0 Å². The van der Waals surface area contributed by atoms with E-state index in [0.717, 1.165) is 0 Å². The number of carbonyl (C=O) groups is 1. The number of nitrogens with zero attached hydrogens (tertiary/aromatic N) is 3. The molecule has 0 atom stereocenters. The maximum Gasteiger partial charge on any atom is 0.437 e. The molecule has 0 amide bonds. The molecule has 27 heavy (non-hydrogen) atoms. The molecule has 0 bridgehead atoms. The number of hydrogen-bond donors (Lipinski definition) is 1. The van der Waals surface area contributed by atoms with Gasteiger partial charge in [0.05, 0.1) is 22.9 Å². The molecule has 0 aliphatic heterocycles. The third-order valence-corrected chi connectivity index (χ3v) is 3.28. The standard InChI is InChI=1S/C13H9Cl2F6N3O3/c1-2-27-11(25)9(23-26)10(13(19,20)21)22-24(15)8-4-3-6(5-7(8)14)12(16,17)18/h3-5,26H,2H2,1H3. The minimum absolute atomic E-state index is 0.0459. The van der Waals surface area contributed by atoms with Crippen LogP contribution >= 0.6 is 23.4 Å². The molecule has 0 radical (unpaired) electrons. The molecule has 0 aliphatic rings. The first kappa shape index (κ1) is 22.8. The molecule has 1 N–H and O–H groups in total. The van der Waals surface area contributed by atoms with Gasteiger partial charge in [-0.1, -0.05) is 16.8 Å². The molecule has 0 spiro atoms. The molecular weight excluding hydrogens is 431 g/mol. The lowest BCUT2D eigenvalue weighted by molar-refractivity contribution is -0.137. The number of ether oxygens (including phenoxy) is 1. The summed E-state index contributed by atoms with van der Waals surface area (Å²) in [6, 6.07) is 1.59. The van der Waals surface area contributed by atoms with Gasteiger partial charge in [-0.2, -0.15) is 30.9 Å². The van der Waals surface area contributed by atoms with E-state index >= 15 is 0 Å². The molecule has 0 aliphatic carbocycles. The highest BCUT2D eigenvalue weighted by atomic mass is 35.5. The summed E-state index contributed by atoms with van der Waals surface area (Å²) in [4.78, 5) is 11.5. The summed E-state index contributed by atoms with van der Waals surface area (Å²) in [5, 5.41) is 13.1. The van der Waals surface area contributed by atoms with Gasteiger partial charge < -0.3 is 9.94 Å². The van der Waals surface area contributed by atoms with Crippen LogP contribution in [0.1, 0.15) is 12.5 Å². The van der Waals surface area contributed by atoms with Gasteiger partial charge in [0.15, 0.2) is 0 Å². The van der Waals surface area contributed by atoms with E-state index in [2.05, 4.69) is 15.0 Å².